The summed E-state index contributed by atoms with van der Waals surface area (Å²) < 4.78 is 5.61. The van der Waals surface area contributed by atoms with Crippen molar-refractivity contribution in [1.82, 2.24) is 4.98 Å². The fourth-order valence-electron chi connectivity index (χ4n) is 1.18. The molecule has 0 spiro atoms. The molecule has 2 nitrogen and oxygen atoms in total. The van der Waals surface area contributed by atoms with Crippen molar-refractivity contribution in [3.8, 4) is 5.75 Å². The molecule has 0 aliphatic rings. The zero-order chi connectivity index (χ0) is 10.2. The maximum Gasteiger partial charge on any atom is 0.140 e. The van der Waals surface area contributed by atoms with E-state index in [4.69, 9.17) is 4.74 Å². The number of aryl methyl sites for hydroxylation is 1. The van der Waals surface area contributed by atoms with Gasteiger partial charge in [-0.05, 0) is 38.3 Å². The summed E-state index contributed by atoms with van der Waals surface area (Å²) in [5.74, 6) is 0.909. The van der Waals surface area contributed by atoms with Crippen LogP contribution in [0, 0.1) is 6.92 Å². The fourth-order valence-corrected chi connectivity index (χ4v) is 1.57. The minimum absolute atomic E-state index is 0.791. The van der Waals surface area contributed by atoms with Gasteiger partial charge in [-0.2, -0.15) is 0 Å². The van der Waals surface area contributed by atoms with E-state index in [9.17, 15) is 0 Å². The van der Waals surface area contributed by atoms with E-state index in [1.807, 2.05) is 19.1 Å². The van der Waals surface area contributed by atoms with Crippen molar-refractivity contribution in [3.63, 3.8) is 0 Å². The fraction of sp³-hybridized carbons (Fsp3) is 0.545. The first kappa shape index (κ1) is 11.5. The third-order valence-electron chi connectivity index (χ3n) is 1.99. The van der Waals surface area contributed by atoms with Crippen molar-refractivity contribution in [2.24, 2.45) is 0 Å². The number of hydrogen-bond acceptors (Lipinski definition) is 2. The van der Waals surface area contributed by atoms with E-state index >= 15 is 0 Å². The first-order valence-corrected chi connectivity index (χ1v) is 6.07. The van der Waals surface area contributed by atoms with Crippen molar-refractivity contribution >= 4 is 15.9 Å². The molecule has 0 aliphatic heterocycles. The van der Waals surface area contributed by atoms with Gasteiger partial charge in [0.25, 0.3) is 0 Å². The van der Waals surface area contributed by atoms with Crippen LogP contribution < -0.4 is 4.74 Å². The van der Waals surface area contributed by atoms with Gasteiger partial charge in [-0.1, -0.05) is 15.9 Å². The Morgan fingerprint density at radius 1 is 1.36 bits per heavy atom. The minimum atomic E-state index is 0.791. The number of hydrogen-bond donors (Lipinski definition) is 0. The molecular formula is C11H16BrNO. The van der Waals surface area contributed by atoms with E-state index < -0.39 is 0 Å². The molecule has 0 amide bonds. The predicted molar refractivity (Wildman–Crippen MR) is 62.1 cm³/mol. The molecule has 1 aromatic heterocycles. The lowest BCUT2D eigenvalue weighted by Crippen LogP contribution is -1.99. The summed E-state index contributed by atoms with van der Waals surface area (Å²) in [7, 11) is 0. The Bertz CT molecular complexity index is 265. The SMILES string of the molecule is Cc1ncccc1OCCCCCBr. The maximum atomic E-state index is 5.61. The summed E-state index contributed by atoms with van der Waals surface area (Å²) in [6.45, 7) is 2.76. The molecule has 0 aromatic carbocycles. The van der Waals surface area contributed by atoms with Crippen LogP contribution in [0.15, 0.2) is 18.3 Å². The average Bonchev–Trinajstić information content (AvgIpc) is 2.20. The Kier molecular flexibility index (Phi) is 5.60. The molecule has 0 radical (unpaired) electrons. The lowest BCUT2D eigenvalue weighted by atomic mass is 10.3. The number of ether oxygens (including phenoxy) is 1. The largest absolute Gasteiger partial charge is 0.492 e. The van der Waals surface area contributed by atoms with Crippen LogP contribution in [0.4, 0.5) is 0 Å². The second-order valence-corrected chi connectivity index (χ2v) is 3.98. The van der Waals surface area contributed by atoms with Gasteiger partial charge in [0.2, 0.25) is 0 Å². The van der Waals surface area contributed by atoms with Gasteiger partial charge >= 0.3 is 0 Å². The van der Waals surface area contributed by atoms with Gasteiger partial charge in [0, 0.05) is 11.5 Å². The molecule has 0 saturated carbocycles. The molecule has 78 valence electrons. The summed E-state index contributed by atoms with van der Waals surface area (Å²) in [6, 6.07) is 3.87. The highest BCUT2D eigenvalue weighted by Gasteiger charge is 1.97. The number of aromatic nitrogens is 1. The first-order chi connectivity index (χ1) is 6.84. The lowest BCUT2D eigenvalue weighted by Gasteiger charge is -2.07. The quantitative estimate of drug-likeness (QED) is 0.576. The zero-order valence-corrected chi connectivity index (χ0v) is 10.1. The number of rotatable bonds is 6. The molecule has 0 bridgehead atoms. The van der Waals surface area contributed by atoms with Gasteiger partial charge in [-0.15, -0.1) is 0 Å². The number of alkyl halides is 1. The van der Waals surface area contributed by atoms with E-state index in [1.54, 1.807) is 6.20 Å². The normalized spacial score (nSPS) is 10.1. The molecule has 1 heterocycles. The maximum absolute atomic E-state index is 5.61. The molecule has 1 aromatic rings. The Morgan fingerprint density at radius 2 is 2.21 bits per heavy atom. The van der Waals surface area contributed by atoms with Crippen LogP contribution in [-0.4, -0.2) is 16.9 Å². The zero-order valence-electron chi connectivity index (χ0n) is 8.50. The Hall–Kier alpha value is -0.570. The second-order valence-electron chi connectivity index (χ2n) is 3.19. The monoisotopic (exact) mass is 257 g/mol. The van der Waals surface area contributed by atoms with E-state index in [1.165, 1.54) is 12.8 Å². The Morgan fingerprint density at radius 3 is 2.93 bits per heavy atom. The van der Waals surface area contributed by atoms with E-state index in [0.717, 1.165) is 29.8 Å². The van der Waals surface area contributed by atoms with Crippen LogP contribution in [0.3, 0.4) is 0 Å². The smallest absolute Gasteiger partial charge is 0.140 e. The standard InChI is InChI=1S/C11H16BrNO/c1-10-11(6-5-8-13-10)14-9-4-2-3-7-12/h5-6,8H,2-4,7,9H2,1H3. The highest BCUT2D eigenvalue weighted by molar-refractivity contribution is 9.09. The molecule has 3 heteroatoms. The van der Waals surface area contributed by atoms with Crippen LogP contribution in [0.25, 0.3) is 0 Å². The molecule has 0 atom stereocenters. The van der Waals surface area contributed by atoms with Crippen LogP contribution >= 0.6 is 15.9 Å². The molecular weight excluding hydrogens is 242 g/mol. The summed E-state index contributed by atoms with van der Waals surface area (Å²) in [4.78, 5) is 4.16. The highest BCUT2D eigenvalue weighted by atomic mass is 79.9. The van der Waals surface area contributed by atoms with Crippen molar-refractivity contribution in [1.29, 1.82) is 0 Å². The number of halogens is 1. The van der Waals surface area contributed by atoms with Crippen molar-refractivity contribution in [2.75, 3.05) is 11.9 Å². The van der Waals surface area contributed by atoms with E-state index in [-0.39, 0.29) is 0 Å². The van der Waals surface area contributed by atoms with Gasteiger partial charge in [-0.25, -0.2) is 0 Å². The Labute approximate surface area is 93.8 Å². The number of nitrogens with zero attached hydrogens (tertiary/aromatic N) is 1. The summed E-state index contributed by atoms with van der Waals surface area (Å²) in [6.07, 6.45) is 5.33. The van der Waals surface area contributed by atoms with Crippen LogP contribution in [-0.2, 0) is 0 Å². The van der Waals surface area contributed by atoms with Gasteiger partial charge in [0.15, 0.2) is 0 Å². The molecule has 0 fully saturated rings. The van der Waals surface area contributed by atoms with Gasteiger partial charge < -0.3 is 4.74 Å². The van der Waals surface area contributed by atoms with Gasteiger partial charge in [-0.3, -0.25) is 4.98 Å². The van der Waals surface area contributed by atoms with Crippen molar-refractivity contribution in [3.05, 3.63) is 24.0 Å². The van der Waals surface area contributed by atoms with Crippen molar-refractivity contribution in [2.45, 2.75) is 26.2 Å². The number of pyridine rings is 1. The lowest BCUT2D eigenvalue weighted by molar-refractivity contribution is 0.303. The predicted octanol–water partition coefficient (Wildman–Crippen LogP) is 3.33. The summed E-state index contributed by atoms with van der Waals surface area (Å²) >= 11 is 3.41. The molecule has 0 N–H and O–H groups in total. The molecule has 14 heavy (non-hydrogen) atoms. The summed E-state index contributed by atoms with van der Waals surface area (Å²) in [5, 5.41) is 1.08. The molecule has 0 unspecified atom stereocenters. The van der Waals surface area contributed by atoms with E-state index in [0.29, 0.717) is 0 Å². The third kappa shape index (κ3) is 4.09. The topological polar surface area (TPSA) is 22.1 Å². The van der Waals surface area contributed by atoms with Crippen LogP contribution in [0.2, 0.25) is 0 Å². The van der Waals surface area contributed by atoms with E-state index in [2.05, 4.69) is 20.9 Å². The van der Waals surface area contributed by atoms with Crippen LogP contribution in [0.1, 0.15) is 25.0 Å². The second kappa shape index (κ2) is 6.82. The van der Waals surface area contributed by atoms with Crippen LogP contribution in [0.5, 0.6) is 5.75 Å². The third-order valence-corrected chi connectivity index (χ3v) is 2.55. The molecule has 1 rings (SSSR count). The summed E-state index contributed by atoms with van der Waals surface area (Å²) in [5.41, 5.74) is 0.966. The minimum Gasteiger partial charge on any atom is -0.492 e. The Balaban J connectivity index is 2.21. The first-order valence-electron chi connectivity index (χ1n) is 4.95. The van der Waals surface area contributed by atoms with Gasteiger partial charge in [0.05, 0.1) is 12.3 Å². The highest BCUT2D eigenvalue weighted by Crippen LogP contribution is 2.14. The number of unbranched alkanes of at least 4 members (excludes halogenated alkanes) is 2. The van der Waals surface area contributed by atoms with Gasteiger partial charge in [0.1, 0.15) is 5.75 Å². The van der Waals surface area contributed by atoms with Crippen molar-refractivity contribution < 1.29 is 4.74 Å². The molecule has 0 aliphatic carbocycles. The molecule has 0 saturated heterocycles. The average molecular weight is 258 g/mol.